The summed E-state index contributed by atoms with van der Waals surface area (Å²) in [5.74, 6) is 2.11. The van der Waals surface area contributed by atoms with Crippen LogP contribution in [0.15, 0.2) is 29.3 Å². The van der Waals surface area contributed by atoms with Crippen molar-refractivity contribution in [2.75, 3.05) is 20.2 Å². The average Bonchev–Trinajstić information content (AvgIpc) is 3.35. The van der Waals surface area contributed by atoms with Crippen molar-refractivity contribution in [2.45, 2.75) is 52.0 Å². The molecule has 0 saturated heterocycles. The van der Waals surface area contributed by atoms with Crippen LogP contribution < -0.4 is 10.5 Å². The summed E-state index contributed by atoms with van der Waals surface area (Å²) in [6, 6.07) is 8.95. The Hall–Kier alpha value is -0.980. The molecule has 5 heteroatoms. The fourth-order valence-corrected chi connectivity index (χ4v) is 2.40. The van der Waals surface area contributed by atoms with Gasteiger partial charge in [-0.3, -0.25) is 4.99 Å². The highest BCUT2D eigenvalue weighted by atomic mass is 127. The number of benzene rings is 1. The number of rotatable bonds is 7. The molecule has 1 fully saturated rings. The van der Waals surface area contributed by atoms with Crippen LogP contribution in [0, 0.1) is 5.92 Å². The summed E-state index contributed by atoms with van der Waals surface area (Å²) in [5.41, 5.74) is 7.29. The Bertz CT molecular complexity index is 536. The molecule has 0 unspecified atom stereocenters. The van der Waals surface area contributed by atoms with E-state index in [-0.39, 0.29) is 29.4 Å². The lowest BCUT2D eigenvalue weighted by molar-refractivity contribution is 0.271. The Labute approximate surface area is 163 Å². The number of hydrogen-bond donors (Lipinski definition) is 1. The summed E-state index contributed by atoms with van der Waals surface area (Å²) in [6.07, 6.45) is 2.46. The molecule has 0 aliphatic heterocycles. The zero-order chi connectivity index (χ0) is 17.0. The van der Waals surface area contributed by atoms with E-state index in [2.05, 4.69) is 49.7 Å². The van der Waals surface area contributed by atoms with Gasteiger partial charge in [0.1, 0.15) is 5.75 Å². The zero-order valence-electron chi connectivity index (χ0n) is 15.6. The molecule has 0 aromatic heterocycles. The second-order valence-corrected chi connectivity index (χ2v) is 7.63. The monoisotopic (exact) mass is 445 g/mol. The number of ether oxygens (including phenoxy) is 1. The predicted molar refractivity (Wildman–Crippen MR) is 112 cm³/mol. The minimum Gasteiger partial charge on any atom is -0.493 e. The van der Waals surface area contributed by atoms with Crippen LogP contribution in [0.25, 0.3) is 0 Å². The van der Waals surface area contributed by atoms with Crippen molar-refractivity contribution in [3.8, 4) is 5.75 Å². The average molecular weight is 445 g/mol. The molecule has 0 atom stereocenters. The largest absolute Gasteiger partial charge is 0.493 e. The standard InChI is InChI=1S/C19H31N3O.HI/c1-14(2)12-23-17-10-6-15(7-11-17)19(3,4)13-21-18(20)22(5)16-8-9-16;/h6-7,10-11,14,16H,8-9,12-13H2,1-5H3,(H2,20,21);1H. The summed E-state index contributed by atoms with van der Waals surface area (Å²) >= 11 is 0. The molecule has 1 saturated carbocycles. The Balaban J connectivity index is 0.00000288. The highest BCUT2D eigenvalue weighted by Crippen LogP contribution is 2.27. The van der Waals surface area contributed by atoms with Gasteiger partial charge in [0.2, 0.25) is 0 Å². The molecule has 4 nitrogen and oxygen atoms in total. The minimum absolute atomic E-state index is 0. The molecular formula is C19H32IN3O. The maximum absolute atomic E-state index is 6.09. The lowest BCUT2D eigenvalue weighted by Gasteiger charge is -2.25. The van der Waals surface area contributed by atoms with Crippen molar-refractivity contribution in [3.63, 3.8) is 0 Å². The Morgan fingerprint density at radius 3 is 2.38 bits per heavy atom. The summed E-state index contributed by atoms with van der Waals surface area (Å²) in [6.45, 7) is 10.1. The van der Waals surface area contributed by atoms with E-state index in [9.17, 15) is 0 Å². The minimum atomic E-state index is -0.0500. The van der Waals surface area contributed by atoms with Gasteiger partial charge in [0, 0.05) is 18.5 Å². The second-order valence-electron chi connectivity index (χ2n) is 7.63. The first-order valence-corrected chi connectivity index (χ1v) is 8.55. The molecule has 0 amide bonds. The third-order valence-corrected chi connectivity index (χ3v) is 4.31. The van der Waals surface area contributed by atoms with Crippen LogP contribution in [0.3, 0.4) is 0 Å². The first kappa shape index (κ1) is 21.1. The summed E-state index contributed by atoms with van der Waals surface area (Å²) in [5, 5.41) is 0. The highest BCUT2D eigenvalue weighted by molar-refractivity contribution is 14.0. The highest BCUT2D eigenvalue weighted by Gasteiger charge is 2.28. The third kappa shape index (κ3) is 6.15. The molecule has 0 heterocycles. The predicted octanol–water partition coefficient (Wildman–Crippen LogP) is 4.03. The fraction of sp³-hybridized carbons (Fsp3) is 0.632. The number of aliphatic imine (C=N–C) groups is 1. The molecule has 24 heavy (non-hydrogen) atoms. The van der Waals surface area contributed by atoms with Crippen LogP contribution in [0.5, 0.6) is 5.75 Å². The molecule has 0 spiro atoms. The van der Waals surface area contributed by atoms with Gasteiger partial charge in [0.05, 0.1) is 13.2 Å². The van der Waals surface area contributed by atoms with Gasteiger partial charge in [-0.05, 0) is 36.5 Å². The Kier molecular flexibility index (Phi) is 7.83. The maximum atomic E-state index is 6.09. The van der Waals surface area contributed by atoms with Gasteiger partial charge in [-0.25, -0.2) is 0 Å². The number of halogens is 1. The van der Waals surface area contributed by atoms with Crippen molar-refractivity contribution in [1.29, 1.82) is 0 Å². The van der Waals surface area contributed by atoms with E-state index >= 15 is 0 Å². The van der Waals surface area contributed by atoms with Crippen LogP contribution in [-0.2, 0) is 5.41 Å². The third-order valence-electron chi connectivity index (χ3n) is 4.31. The molecule has 1 aliphatic rings. The van der Waals surface area contributed by atoms with Crippen LogP contribution in [0.4, 0.5) is 0 Å². The van der Waals surface area contributed by atoms with E-state index < -0.39 is 0 Å². The van der Waals surface area contributed by atoms with E-state index in [0.29, 0.717) is 24.5 Å². The van der Waals surface area contributed by atoms with Crippen LogP contribution in [0.1, 0.15) is 46.1 Å². The summed E-state index contributed by atoms with van der Waals surface area (Å²) in [4.78, 5) is 6.70. The van der Waals surface area contributed by atoms with Gasteiger partial charge >= 0.3 is 0 Å². The summed E-state index contributed by atoms with van der Waals surface area (Å²) in [7, 11) is 2.03. The first-order chi connectivity index (χ1) is 10.8. The lowest BCUT2D eigenvalue weighted by atomic mass is 9.85. The molecule has 2 N–H and O–H groups in total. The Morgan fingerprint density at radius 2 is 1.88 bits per heavy atom. The maximum Gasteiger partial charge on any atom is 0.191 e. The van der Waals surface area contributed by atoms with Gasteiger partial charge in [-0.2, -0.15) is 0 Å². The zero-order valence-corrected chi connectivity index (χ0v) is 17.9. The fourth-order valence-electron chi connectivity index (χ4n) is 2.40. The topological polar surface area (TPSA) is 50.9 Å². The first-order valence-electron chi connectivity index (χ1n) is 8.55. The SMILES string of the molecule is CC(C)COc1ccc(C(C)(C)CN=C(N)N(C)C2CC2)cc1.I. The van der Waals surface area contributed by atoms with Crippen molar-refractivity contribution < 1.29 is 4.74 Å². The molecular weight excluding hydrogens is 413 g/mol. The van der Waals surface area contributed by atoms with Crippen molar-refractivity contribution in [3.05, 3.63) is 29.8 Å². The normalized spacial score (nSPS) is 15.2. The second kappa shape index (κ2) is 8.92. The number of nitrogens with two attached hydrogens (primary N) is 1. The van der Waals surface area contributed by atoms with Gasteiger partial charge in [0.15, 0.2) is 5.96 Å². The van der Waals surface area contributed by atoms with E-state index in [0.717, 1.165) is 12.4 Å². The molecule has 1 aromatic rings. The quantitative estimate of drug-likeness (QED) is 0.392. The molecule has 136 valence electrons. The lowest BCUT2D eigenvalue weighted by Crippen LogP contribution is -2.37. The van der Waals surface area contributed by atoms with Gasteiger partial charge in [-0.15, -0.1) is 24.0 Å². The van der Waals surface area contributed by atoms with Crippen molar-refractivity contribution in [2.24, 2.45) is 16.6 Å². The van der Waals surface area contributed by atoms with E-state index in [1.807, 2.05) is 19.2 Å². The number of guanidine groups is 1. The van der Waals surface area contributed by atoms with Gasteiger partial charge in [0.25, 0.3) is 0 Å². The molecule has 1 aromatic carbocycles. The molecule has 0 bridgehead atoms. The summed E-state index contributed by atoms with van der Waals surface area (Å²) < 4.78 is 5.74. The smallest absolute Gasteiger partial charge is 0.191 e. The Morgan fingerprint density at radius 1 is 1.29 bits per heavy atom. The van der Waals surface area contributed by atoms with E-state index in [1.165, 1.54) is 18.4 Å². The van der Waals surface area contributed by atoms with Crippen molar-refractivity contribution in [1.82, 2.24) is 4.90 Å². The number of nitrogens with zero attached hydrogens (tertiary/aromatic N) is 2. The van der Waals surface area contributed by atoms with Crippen LogP contribution in [0.2, 0.25) is 0 Å². The molecule has 0 radical (unpaired) electrons. The van der Waals surface area contributed by atoms with Crippen LogP contribution in [-0.4, -0.2) is 37.1 Å². The van der Waals surface area contributed by atoms with Gasteiger partial charge < -0.3 is 15.4 Å². The van der Waals surface area contributed by atoms with Crippen LogP contribution >= 0.6 is 24.0 Å². The van der Waals surface area contributed by atoms with E-state index in [4.69, 9.17) is 10.5 Å². The van der Waals surface area contributed by atoms with Gasteiger partial charge in [-0.1, -0.05) is 39.8 Å². The molecule has 1 aliphatic carbocycles. The van der Waals surface area contributed by atoms with Crippen molar-refractivity contribution >= 4 is 29.9 Å². The molecule has 2 rings (SSSR count). The van der Waals surface area contributed by atoms with E-state index in [1.54, 1.807) is 0 Å². The number of hydrogen-bond acceptors (Lipinski definition) is 2.